The normalized spacial score (nSPS) is 18.0. The van der Waals surface area contributed by atoms with Crippen molar-refractivity contribution in [2.24, 2.45) is 0 Å². The molecule has 0 aromatic heterocycles. The van der Waals surface area contributed by atoms with Crippen molar-refractivity contribution in [1.82, 2.24) is 0 Å². The van der Waals surface area contributed by atoms with Crippen LogP contribution >= 0.6 is 11.8 Å². The van der Waals surface area contributed by atoms with Crippen LogP contribution < -0.4 is 5.32 Å². The Kier molecular flexibility index (Phi) is 4.32. The number of carbonyl (C=O) groups is 1. The number of anilines is 1. The molecule has 0 unspecified atom stereocenters. The third-order valence-electron chi connectivity index (χ3n) is 2.85. The molecule has 13 heteroatoms. The van der Waals surface area contributed by atoms with Gasteiger partial charge in [0, 0.05) is 4.90 Å². The minimum Gasteiger partial charge on any atom is -0.324 e. The number of thioether (sulfide) groups is 1. The van der Waals surface area contributed by atoms with E-state index in [1.54, 1.807) is 0 Å². The summed E-state index contributed by atoms with van der Waals surface area (Å²) < 4.78 is 112. The highest BCUT2D eigenvalue weighted by atomic mass is 32.2. The molecule has 0 aliphatic carbocycles. The number of alkyl halides is 7. The standard InChI is InChI=1S/C11H6F7NO3S2/c12-9(13,10(14,15)16)11(17,18)23-5-1-2-7-6(3-5)19-8(20)4-24(7,21)22/h1-3H,4H2,(H,19,20). The van der Waals surface area contributed by atoms with E-state index < -0.39 is 66.1 Å². The molecule has 134 valence electrons. The zero-order valence-electron chi connectivity index (χ0n) is 11.1. The Labute approximate surface area is 134 Å². The van der Waals surface area contributed by atoms with Crippen LogP contribution in [0.1, 0.15) is 0 Å². The van der Waals surface area contributed by atoms with Crippen molar-refractivity contribution < 1.29 is 43.9 Å². The highest BCUT2D eigenvalue weighted by molar-refractivity contribution is 8.00. The van der Waals surface area contributed by atoms with Crippen molar-refractivity contribution in [2.75, 3.05) is 11.1 Å². The molecule has 0 radical (unpaired) electrons. The predicted octanol–water partition coefficient (Wildman–Crippen LogP) is 3.29. The van der Waals surface area contributed by atoms with E-state index in [2.05, 4.69) is 0 Å². The van der Waals surface area contributed by atoms with E-state index in [0.717, 1.165) is 6.07 Å². The first-order valence-electron chi connectivity index (χ1n) is 5.85. The lowest BCUT2D eigenvalue weighted by Gasteiger charge is -2.27. The number of sulfone groups is 1. The van der Waals surface area contributed by atoms with Gasteiger partial charge in [0.2, 0.25) is 5.91 Å². The summed E-state index contributed by atoms with van der Waals surface area (Å²) in [6.45, 7) is 0. The molecule has 4 nitrogen and oxygen atoms in total. The highest BCUT2D eigenvalue weighted by Crippen LogP contribution is 2.54. The summed E-state index contributed by atoms with van der Waals surface area (Å²) in [7, 11) is -4.04. The van der Waals surface area contributed by atoms with Crippen LogP contribution in [0.4, 0.5) is 36.4 Å². The Bertz CT molecular complexity index is 789. The monoisotopic (exact) mass is 397 g/mol. The smallest absolute Gasteiger partial charge is 0.324 e. The molecule has 0 atom stereocenters. The second kappa shape index (κ2) is 5.51. The van der Waals surface area contributed by atoms with Gasteiger partial charge >= 0.3 is 17.4 Å². The van der Waals surface area contributed by atoms with E-state index in [0.29, 0.717) is 12.1 Å². The molecule has 0 spiro atoms. The van der Waals surface area contributed by atoms with Crippen molar-refractivity contribution in [2.45, 2.75) is 27.1 Å². The fourth-order valence-electron chi connectivity index (χ4n) is 1.76. The van der Waals surface area contributed by atoms with Crippen LogP contribution in [0.2, 0.25) is 0 Å². The number of amides is 1. The molecule has 1 aromatic rings. The number of nitrogens with one attached hydrogen (secondary N) is 1. The Morgan fingerprint density at radius 1 is 1.04 bits per heavy atom. The molecule has 2 rings (SSSR count). The lowest BCUT2D eigenvalue weighted by Crippen LogP contribution is -2.49. The number of carbonyl (C=O) groups excluding carboxylic acids is 1. The zero-order valence-corrected chi connectivity index (χ0v) is 12.8. The van der Waals surface area contributed by atoms with Crippen LogP contribution in [0.3, 0.4) is 0 Å². The van der Waals surface area contributed by atoms with Crippen LogP contribution in [-0.4, -0.2) is 37.4 Å². The van der Waals surface area contributed by atoms with Gasteiger partial charge in [-0.05, 0) is 30.0 Å². The number of fused-ring (bicyclic) bond motifs is 1. The molecular formula is C11H6F7NO3S2. The van der Waals surface area contributed by atoms with Gasteiger partial charge in [-0.15, -0.1) is 0 Å². The molecule has 0 saturated heterocycles. The van der Waals surface area contributed by atoms with Gasteiger partial charge in [-0.3, -0.25) is 4.79 Å². The molecule has 0 bridgehead atoms. The summed E-state index contributed by atoms with van der Waals surface area (Å²) in [6.07, 6.45) is -6.48. The molecule has 1 heterocycles. The van der Waals surface area contributed by atoms with Gasteiger partial charge in [0.1, 0.15) is 5.75 Å². The largest absolute Gasteiger partial charge is 0.460 e. The molecule has 0 fully saturated rings. The summed E-state index contributed by atoms with van der Waals surface area (Å²) >= 11 is -1.10. The topological polar surface area (TPSA) is 63.2 Å². The Morgan fingerprint density at radius 2 is 1.62 bits per heavy atom. The van der Waals surface area contributed by atoms with Crippen molar-refractivity contribution in [1.29, 1.82) is 0 Å². The lowest BCUT2D eigenvalue weighted by molar-refractivity contribution is -0.330. The SMILES string of the molecule is O=C1CS(=O)(=O)c2ccc(SC(F)(F)C(F)(F)C(F)(F)F)cc2N1. The number of hydrogen-bond acceptors (Lipinski definition) is 4. The number of benzene rings is 1. The molecular weight excluding hydrogens is 391 g/mol. The van der Waals surface area contributed by atoms with Gasteiger partial charge in [-0.2, -0.15) is 30.7 Å². The molecule has 1 aromatic carbocycles. The van der Waals surface area contributed by atoms with Gasteiger partial charge in [0.05, 0.1) is 10.6 Å². The van der Waals surface area contributed by atoms with E-state index in [4.69, 9.17) is 0 Å². The molecule has 1 N–H and O–H groups in total. The minimum atomic E-state index is -6.48. The van der Waals surface area contributed by atoms with E-state index in [1.165, 1.54) is 0 Å². The van der Waals surface area contributed by atoms with Gasteiger partial charge in [0.25, 0.3) is 0 Å². The first-order chi connectivity index (χ1) is 10.7. The first-order valence-corrected chi connectivity index (χ1v) is 8.32. The molecule has 0 saturated carbocycles. The summed E-state index contributed by atoms with van der Waals surface area (Å²) in [4.78, 5) is 9.99. The van der Waals surface area contributed by atoms with Crippen LogP contribution in [-0.2, 0) is 14.6 Å². The maximum absolute atomic E-state index is 13.3. The third-order valence-corrected chi connectivity index (χ3v) is 5.52. The lowest BCUT2D eigenvalue weighted by atomic mass is 10.3. The number of halogens is 7. The molecule has 1 amide bonds. The summed E-state index contributed by atoms with van der Waals surface area (Å²) in [5.41, 5.74) is -0.470. The van der Waals surface area contributed by atoms with Crippen LogP contribution in [0.15, 0.2) is 28.0 Å². The predicted molar refractivity (Wildman–Crippen MR) is 68.9 cm³/mol. The number of hydrogen-bond donors (Lipinski definition) is 1. The fraction of sp³-hybridized carbons (Fsp3) is 0.364. The van der Waals surface area contributed by atoms with Crippen molar-refractivity contribution in [3.63, 3.8) is 0 Å². The Hall–Kier alpha value is -1.50. The number of rotatable bonds is 3. The first kappa shape index (κ1) is 18.8. The summed E-state index contributed by atoms with van der Waals surface area (Å²) in [5.74, 6) is -8.19. The average Bonchev–Trinajstić information content (AvgIpc) is 2.34. The van der Waals surface area contributed by atoms with Gasteiger partial charge < -0.3 is 5.32 Å². The van der Waals surface area contributed by atoms with Crippen LogP contribution in [0, 0.1) is 0 Å². The van der Waals surface area contributed by atoms with Gasteiger partial charge in [0.15, 0.2) is 9.84 Å². The summed E-state index contributed by atoms with van der Waals surface area (Å²) in [6, 6.07) is 1.99. The highest BCUT2D eigenvalue weighted by Gasteiger charge is 2.73. The van der Waals surface area contributed by atoms with E-state index in [-0.39, 0.29) is 0 Å². The van der Waals surface area contributed by atoms with Gasteiger partial charge in [-0.25, -0.2) is 8.42 Å². The van der Waals surface area contributed by atoms with Crippen LogP contribution in [0.5, 0.6) is 0 Å². The van der Waals surface area contributed by atoms with Crippen molar-refractivity contribution in [3.05, 3.63) is 18.2 Å². The van der Waals surface area contributed by atoms with Crippen molar-refractivity contribution >= 4 is 33.2 Å². The van der Waals surface area contributed by atoms with Gasteiger partial charge in [-0.1, -0.05) is 0 Å². The minimum absolute atomic E-state index is 0.447. The molecule has 24 heavy (non-hydrogen) atoms. The molecule has 1 aliphatic rings. The van der Waals surface area contributed by atoms with E-state index in [9.17, 15) is 43.9 Å². The summed E-state index contributed by atoms with van der Waals surface area (Å²) in [5, 5.41) is -3.52. The molecule has 1 aliphatic heterocycles. The van der Waals surface area contributed by atoms with Crippen molar-refractivity contribution in [3.8, 4) is 0 Å². The maximum Gasteiger partial charge on any atom is 0.460 e. The second-order valence-corrected chi connectivity index (χ2v) is 7.80. The van der Waals surface area contributed by atoms with E-state index >= 15 is 0 Å². The average molecular weight is 397 g/mol. The fourth-order valence-corrected chi connectivity index (χ4v) is 3.90. The second-order valence-electron chi connectivity index (χ2n) is 4.66. The third kappa shape index (κ3) is 3.18. The van der Waals surface area contributed by atoms with Crippen LogP contribution in [0.25, 0.3) is 0 Å². The van der Waals surface area contributed by atoms with E-state index in [1.807, 2.05) is 5.32 Å². The quantitative estimate of drug-likeness (QED) is 0.628. The Balaban J connectivity index is 2.39. The Morgan fingerprint density at radius 3 is 2.17 bits per heavy atom. The maximum atomic E-state index is 13.3. The zero-order chi connectivity index (χ0) is 18.6.